The molecule has 3 atom stereocenters. The van der Waals surface area contributed by atoms with Crippen LogP contribution in [0.4, 0.5) is 8.78 Å². The predicted octanol–water partition coefficient (Wildman–Crippen LogP) is 2.42. The lowest BCUT2D eigenvalue weighted by Crippen LogP contribution is -2.47. The first kappa shape index (κ1) is 12.1. The zero-order valence-electron chi connectivity index (χ0n) is 10.1. The van der Waals surface area contributed by atoms with Crippen molar-refractivity contribution in [2.75, 3.05) is 0 Å². The fraction of sp³-hybridized carbons (Fsp3) is 0.571. The first-order valence-corrected chi connectivity index (χ1v) is 6.42. The summed E-state index contributed by atoms with van der Waals surface area (Å²) in [6, 6.07) is 8.71. The highest BCUT2D eigenvalue weighted by atomic mass is 19.3. The van der Waals surface area contributed by atoms with E-state index < -0.39 is 18.1 Å². The van der Waals surface area contributed by atoms with Gasteiger partial charge in [-0.25, -0.2) is 8.78 Å². The van der Waals surface area contributed by atoms with E-state index in [-0.39, 0.29) is 18.9 Å². The Balaban J connectivity index is 1.81. The highest BCUT2D eigenvalue weighted by molar-refractivity contribution is 5.16. The van der Waals surface area contributed by atoms with Gasteiger partial charge < -0.3 is 5.11 Å². The first-order valence-electron chi connectivity index (χ1n) is 6.42. The van der Waals surface area contributed by atoms with Crippen molar-refractivity contribution in [1.82, 2.24) is 4.90 Å². The Morgan fingerprint density at radius 1 is 1.22 bits per heavy atom. The van der Waals surface area contributed by atoms with E-state index in [0.717, 1.165) is 5.56 Å². The second kappa shape index (κ2) is 4.28. The van der Waals surface area contributed by atoms with E-state index in [1.165, 1.54) is 0 Å². The first-order chi connectivity index (χ1) is 8.56. The van der Waals surface area contributed by atoms with Gasteiger partial charge in [-0.2, -0.15) is 0 Å². The van der Waals surface area contributed by atoms with Gasteiger partial charge in [-0.1, -0.05) is 30.3 Å². The Morgan fingerprint density at radius 2 is 1.94 bits per heavy atom. The van der Waals surface area contributed by atoms with Gasteiger partial charge in [0.05, 0.1) is 12.1 Å². The summed E-state index contributed by atoms with van der Waals surface area (Å²) in [5.41, 5.74) is 1.06. The van der Waals surface area contributed by atoms with Crippen molar-refractivity contribution >= 4 is 0 Å². The van der Waals surface area contributed by atoms with Crippen molar-refractivity contribution in [1.29, 1.82) is 0 Å². The average Bonchev–Trinajstić information content (AvgIpc) is 2.47. The van der Waals surface area contributed by atoms with Crippen molar-refractivity contribution in [3.05, 3.63) is 35.9 Å². The van der Waals surface area contributed by atoms with E-state index >= 15 is 0 Å². The maximum atomic E-state index is 13.9. The van der Waals surface area contributed by atoms with Gasteiger partial charge in [0.1, 0.15) is 0 Å². The van der Waals surface area contributed by atoms with Gasteiger partial charge in [0.2, 0.25) is 0 Å². The third kappa shape index (κ3) is 2.04. The minimum atomic E-state index is -2.66. The van der Waals surface area contributed by atoms with E-state index in [9.17, 15) is 13.9 Å². The predicted molar refractivity (Wildman–Crippen MR) is 64.4 cm³/mol. The lowest BCUT2D eigenvalue weighted by atomic mass is 9.98. The summed E-state index contributed by atoms with van der Waals surface area (Å²) in [6.45, 7) is 0.554. The molecule has 2 nitrogen and oxygen atoms in total. The van der Waals surface area contributed by atoms with Crippen molar-refractivity contribution in [3.8, 4) is 0 Å². The van der Waals surface area contributed by atoms with E-state index in [1.807, 2.05) is 35.2 Å². The molecule has 0 radical (unpaired) electrons. The molecule has 2 aliphatic heterocycles. The van der Waals surface area contributed by atoms with Gasteiger partial charge >= 0.3 is 0 Å². The summed E-state index contributed by atoms with van der Waals surface area (Å²) in [5.74, 6) is -2.66. The maximum absolute atomic E-state index is 13.9. The van der Waals surface area contributed by atoms with Gasteiger partial charge in [-0.15, -0.1) is 0 Å². The molecule has 0 amide bonds. The van der Waals surface area contributed by atoms with Crippen LogP contribution in [0, 0.1) is 0 Å². The Morgan fingerprint density at radius 3 is 2.61 bits per heavy atom. The van der Waals surface area contributed by atoms with Crippen molar-refractivity contribution in [2.45, 2.75) is 49.9 Å². The molecule has 2 bridgehead atoms. The quantitative estimate of drug-likeness (QED) is 0.875. The average molecular weight is 253 g/mol. The lowest BCUT2D eigenvalue weighted by molar-refractivity contribution is -0.0599. The number of alkyl halides is 2. The number of nitrogens with zero attached hydrogens (tertiary/aromatic N) is 1. The Labute approximate surface area is 105 Å². The number of rotatable bonds is 2. The normalized spacial score (nSPS) is 34.7. The highest BCUT2D eigenvalue weighted by Gasteiger charge is 2.56. The molecule has 0 saturated carbocycles. The molecule has 0 aromatic heterocycles. The Hall–Kier alpha value is -1.00. The molecule has 3 unspecified atom stereocenters. The summed E-state index contributed by atoms with van der Waals surface area (Å²) in [7, 11) is 0. The molecule has 1 aromatic rings. The molecule has 1 N–H and O–H groups in total. The number of aliphatic hydroxyl groups excluding tert-OH is 1. The number of benzene rings is 1. The van der Waals surface area contributed by atoms with Crippen LogP contribution < -0.4 is 0 Å². The monoisotopic (exact) mass is 253 g/mol. The van der Waals surface area contributed by atoms with Gasteiger partial charge in [-0.3, -0.25) is 4.90 Å². The molecule has 0 spiro atoms. The minimum Gasteiger partial charge on any atom is -0.393 e. The van der Waals surface area contributed by atoms with Crippen LogP contribution in [0.2, 0.25) is 0 Å². The molecule has 18 heavy (non-hydrogen) atoms. The molecule has 2 saturated heterocycles. The second-order valence-electron chi connectivity index (χ2n) is 5.42. The lowest BCUT2D eigenvalue weighted by Gasteiger charge is -2.37. The van der Waals surface area contributed by atoms with Gasteiger partial charge in [0.25, 0.3) is 5.92 Å². The van der Waals surface area contributed by atoms with E-state index in [0.29, 0.717) is 13.0 Å². The number of fused-ring (bicyclic) bond motifs is 2. The summed E-state index contributed by atoms with van der Waals surface area (Å²) in [5, 5.41) is 9.65. The highest BCUT2D eigenvalue weighted by Crippen LogP contribution is 2.46. The number of halogens is 2. The van der Waals surface area contributed by atoms with Crippen LogP contribution in [0.5, 0.6) is 0 Å². The Bertz CT molecular complexity index is 423. The third-order valence-electron chi connectivity index (χ3n) is 4.11. The molecule has 2 aliphatic rings. The molecule has 98 valence electrons. The second-order valence-corrected chi connectivity index (χ2v) is 5.42. The van der Waals surface area contributed by atoms with Crippen molar-refractivity contribution in [3.63, 3.8) is 0 Å². The zero-order valence-corrected chi connectivity index (χ0v) is 10.1. The largest absolute Gasteiger partial charge is 0.393 e. The fourth-order valence-electron chi connectivity index (χ4n) is 3.29. The van der Waals surface area contributed by atoms with Crippen LogP contribution in [0.15, 0.2) is 30.3 Å². The summed E-state index contributed by atoms with van der Waals surface area (Å²) in [4.78, 5) is 1.88. The maximum Gasteiger partial charge on any atom is 0.264 e. The van der Waals surface area contributed by atoms with Gasteiger partial charge in [0, 0.05) is 19.0 Å². The molecule has 0 aliphatic carbocycles. The SMILES string of the molecule is OC1CC2CC(F)(F)C(C1)N2Cc1ccccc1. The number of hydrogen-bond acceptors (Lipinski definition) is 2. The van der Waals surface area contributed by atoms with Gasteiger partial charge in [0.15, 0.2) is 0 Å². The summed E-state index contributed by atoms with van der Waals surface area (Å²) >= 11 is 0. The molecule has 4 heteroatoms. The molecular formula is C14H17F2NO. The van der Waals surface area contributed by atoms with Crippen LogP contribution in [0.3, 0.4) is 0 Å². The minimum absolute atomic E-state index is 0.110. The topological polar surface area (TPSA) is 23.5 Å². The Kier molecular flexibility index (Phi) is 2.87. The third-order valence-corrected chi connectivity index (χ3v) is 4.11. The van der Waals surface area contributed by atoms with Crippen LogP contribution in [-0.2, 0) is 6.54 Å². The van der Waals surface area contributed by atoms with E-state index in [1.54, 1.807) is 0 Å². The van der Waals surface area contributed by atoms with Gasteiger partial charge in [-0.05, 0) is 18.4 Å². The van der Waals surface area contributed by atoms with E-state index in [2.05, 4.69) is 0 Å². The smallest absolute Gasteiger partial charge is 0.264 e. The summed E-state index contributed by atoms with van der Waals surface area (Å²) in [6.07, 6.45) is -0.0167. The number of piperidine rings is 1. The standard InChI is InChI=1S/C14H17F2NO/c15-14(16)8-11-6-12(18)7-13(14)17(11)9-10-4-2-1-3-5-10/h1-5,11-13,18H,6-9H2. The van der Waals surface area contributed by atoms with E-state index in [4.69, 9.17) is 0 Å². The fourth-order valence-corrected chi connectivity index (χ4v) is 3.29. The zero-order chi connectivity index (χ0) is 12.8. The number of aliphatic hydroxyl groups is 1. The molecule has 3 rings (SSSR count). The molecule has 2 fully saturated rings. The van der Waals surface area contributed by atoms with Crippen LogP contribution in [-0.4, -0.2) is 34.1 Å². The molecule has 2 heterocycles. The molecule has 1 aromatic carbocycles. The number of hydrogen-bond donors (Lipinski definition) is 1. The molecular weight excluding hydrogens is 236 g/mol. The van der Waals surface area contributed by atoms with Crippen LogP contribution in [0.1, 0.15) is 24.8 Å². The van der Waals surface area contributed by atoms with Crippen molar-refractivity contribution in [2.24, 2.45) is 0 Å². The summed E-state index contributed by atoms with van der Waals surface area (Å²) < 4.78 is 27.7. The van der Waals surface area contributed by atoms with Crippen molar-refractivity contribution < 1.29 is 13.9 Å². The van der Waals surface area contributed by atoms with Crippen LogP contribution >= 0.6 is 0 Å². The van der Waals surface area contributed by atoms with Crippen LogP contribution in [0.25, 0.3) is 0 Å².